The van der Waals surface area contributed by atoms with Crippen molar-refractivity contribution in [1.29, 1.82) is 0 Å². The van der Waals surface area contributed by atoms with Gasteiger partial charge in [0.15, 0.2) is 0 Å². The zero-order valence-corrected chi connectivity index (χ0v) is 24.9. The van der Waals surface area contributed by atoms with E-state index in [-0.39, 0.29) is 25.6 Å². The van der Waals surface area contributed by atoms with Crippen molar-refractivity contribution in [2.45, 2.75) is 128 Å². The van der Waals surface area contributed by atoms with Crippen LogP contribution < -0.4 is 11.4 Å². The fourth-order valence-corrected chi connectivity index (χ4v) is 4.84. The topological polar surface area (TPSA) is 146 Å². The zero-order valence-electron chi connectivity index (χ0n) is 24.0. The maximum atomic E-state index is 11.9. The second kappa shape index (κ2) is 24.4. The van der Waals surface area contributed by atoms with Gasteiger partial charge in [-0.25, -0.2) is 4.79 Å². The Morgan fingerprint density at radius 2 is 1.44 bits per heavy atom. The van der Waals surface area contributed by atoms with Gasteiger partial charge in [-0.3, -0.25) is 4.57 Å². The maximum absolute atomic E-state index is 11.9. The number of hydrogen-bond donors (Lipinski definition) is 3. The number of rotatable bonds is 27. The van der Waals surface area contributed by atoms with Crippen molar-refractivity contribution < 1.29 is 28.8 Å². The number of nitrogen functional groups attached to an aromatic ring is 1. The van der Waals surface area contributed by atoms with E-state index in [0.717, 1.165) is 12.8 Å². The number of anilines is 1. The van der Waals surface area contributed by atoms with Crippen LogP contribution in [0.15, 0.2) is 17.1 Å². The van der Waals surface area contributed by atoms with E-state index in [9.17, 15) is 19.4 Å². The third kappa shape index (κ3) is 19.3. The second-order valence-electron chi connectivity index (χ2n) is 10.1. The van der Waals surface area contributed by atoms with Crippen molar-refractivity contribution in [3.8, 4) is 0 Å². The van der Waals surface area contributed by atoms with E-state index in [1.807, 2.05) is 0 Å². The highest BCUT2D eigenvalue weighted by Gasteiger charge is 2.34. The Morgan fingerprint density at radius 1 is 0.897 bits per heavy atom. The summed E-state index contributed by atoms with van der Waals surface area (Å²) in [4.78, 5) is 25.0. The largest absolute Gasteiger partial charge is 0.569 e. The number of aromatic nitrogens is 2. The molecule has 0 aliphatic heterocycles. The van der Waals surface area contributed by atoms with Crippen molar-refractivity contribution in [1.82, 2.24) is 9.55 Å². The molecular weight excluding hydrogens is 521 g/mol. The molecule has 11 heteroatoms. The minimum Gasteiger partial charge on any atom is -0.394 e. The first-order valence-corrected chi connectivity index (χ1v) is 16.2. The van der Waals surface area contributed by atoms with Gasteiger partial charge in [-0.2, -0.15) is 9.88 Å². The van der Waals surface area contributed by atoms with Crippen molar-refractivity contribution in [2.75, 3.05) is 32.2 Å². The first-order valence-electron chi connectivity index (χ1n) is 14.9. The predicted molar refractivity (Wildman–Crippen MR) is 155 cm³/mol. The van der Waals surface area contributed by atoms with Crippen molar-refractivity contribution in [3.63, 3.8) is 0 Å². The number of nitrogens with zero attached hydrogens (tertiary/aromatic N) is 2. The van der Waals surface area contributed by atoms with Crippen LogP contribution >= 0.6 is 8.03 Å². The first kappa shape index (κ1) is 35.6. The molecule has 0 fully saturated rings. The molecule has 4 N–H and O–H groups in total. The Kier molecular flexibility index (Phi) is 22.3. The number of hydrogen-bond acceptors (Lipinski definition) is 8. The van der Waals surface area contributed by atoms with Crippen molar-refractivity contribution in [2.24, 2.45) is 0 Å². The molecule has 0 aromatic carbocycles. The van der Waals surface area contributed by atoms with E-state index in [4.69, 9.17) is 19.9 Å². The van der Waals surface area contributed by atoms with Crippen LogP contribution in [0.2, 0.25) is 0 Å². The fraction of sp³-hybridized carbons (Fsp3) is 0.857. The van der Waals surface area contributed by atoms with Gasteiger partial charge in [-0.05, 0) is 17.1 Å². The summed E-state index contributed by atoms with van der Waals surface area (Å²) in [6.45, 7) is 2.68. The third-order valence-electron chi connectivity index (χ3n) is 6.62. The molecule has 3 atom stereocenters. The molecule has 1 aromatic heterocycles. The molecule has 1 rings (SSSR count). The van der Waals surface area contributed by atoms with Crippen LogP contribution in [-0.2, 0) is 25.3 Å². The molecule has 1 aromatic rings. The summed E-state index contributed by atoms with van der Waals surface area (Å²) in [6, 6.07) is 0.00120. The minimum atomic E-state index is -2.82. The van der Waals surface area contributed by atoms with Gasteiger partial charge in [0.25, 0.3) is 0 Å². The lowest BCUT2D eigenvalue weighted by atomic mass is 10.0. The zero-order chi connectivity index (χ0) is 28.6. The summed E-state index contributed by atoms with van der Waals surface area (Å²) in [6.07, 6.45) is 21.6. The fourth-order valence-electron chi connectivity index (χ4n) is 4.33. The van der Waals surface area contributed by atoms with Crippen LogP contribution in [0.3, 0.4) is 0 Å². The Bertz CT molecular complexity index is 797. The van der Waals surface area contributed by atoms with Crippen LogP contribution in [0.4, 0.5) is 5.82 Å². The molecule has 0 aliphatic rings. The van der Waals surface area contributed by atoms with Crippen LogP contribution in [-0.4, -0.2) is 58.1 Å². The molecule has 0 bridgehead atoms. The summed E-state index contributed by atoms with van der Waals surface area (Å²) in [7, 11) is -2.82. The van der Waals surface area contributed by atoms with Gasteiger partial charge in [0.2, 0.25) is 0 Å². The third-order valence-corrected chi connectivity index (χ3v) is 7.25. The number of ether oxygens (including phenoxy) is 3. The van der Waals surface area contributed by atoms with Gasteiger partial charge in [-0.15, -0.1) is 0 Å². The highest BCUT2D eigenvalue weighted by atomic mass is 31.1. The standard InChI is InChI=1S/C28H52N3O7P/c1-2-3-4-5-6-7-8-9-10-11-12-13-14-15-16-17-20-36-21-22-37-28(39(34)35)38-25(24-32)23-31-19-18-26(29)30-27(31)33/h18-19,25,28,32H,2-17,20-24H2,1H3,(H2-,29,30,33,34,35)/p+1. The van der Waals surface area contributed by atoms with Crippen molar-refractivity contribution in [3.05, 3.63) is 22.7 Å². The van der Waals surface area contributed by atoms with E-state index in [1.54, 1.807) is 0 Å². The van der Waals surface area contributed by atoms with E-state index >= 15 is 0 Å². The molecule has 0 radical (unpaired) electrons. The lowest BCUT2D eigenvalue weighted by Gasteiger charge is -2.17. The Morgan fingerprint density at radius 3 is 1.92 bits per heavy atom. The summed E-state index contributed by atoms with van der Waals surface area (Å²) in [5.41, 5.74) is 4.86. The number of nitrogens with two attached hydrogens (primary N) is 1. The Hall–Kier alpha value is -1.42. The lowest BCUT2D eigenvalue weighted by Crippen LogP contribution is -2.34. The van der Waals surface area contributed by atoms with E-state index in [1.165, 1.54) is 107 Å². The second-order valence-corrected chi connectivity index (χ2v) is 11.2. The quantitative estimate of drug-likeness (QED) is 0.0702. The average Bonchev–Trinajstić information content (AvgIpc) is 2.91. The van der Waals surface area contributed by atoms with Crippen LogP contribution in [0.1, 0.15) is 110 Å². The summed E-state index contributed by atoms with van der Waals surface area (Å²) < 4.78 is 29.1. The van der Waals surface area contributed by atoms with Gasteiger partial charge < -0.3 is 25.1 Å². The predicted octanol–water partition coefficient (Wildman–Crippen LogP) is 5.52. The van der Waals surface area contributed by atoms with E-state index < -0.39 is 32.5 Å². The van der Waals surface area contributed by atoms with Gasteiger partial charge in [0.05, 0.1) is 26.4 Å². The number of aliphatic hydroxyl groups is 1. The maximum Gasteiger partial charge on any atom is 0.569 e. The molecule has 39 heavy (non-hydrogen) atoms. The first-order chi connectivity index (χ1) is 19.0. The molecule has 0 saturated carbocycles. The highest BCUT2D eigenvalue weighted by molar-refractivity contribution is 7.38. The van der Waals surface area contributed by atoms with Gasteiger partial charge in [0, 0.05) is 12.8 Å². The summed E-state index contributed by atoms with van der Waals surface area (Å²) in [5, 5.41) is 9.56. The van der Waals surface area contributed by atoms with Gasteiger partial charge >= 0.3 is 19.7 Å². The monoisotopic (exact) mass is 574 g/mol. The summed E-state index contributed by atoms with van der Waals surface area (Å²) >= 11 is 0. The smallest absolute Gasteiger partial charge is 0.394 e. The molecule has 0 spiro atoms. The highest BCUT2D eigenvalue weighted by Crippen LogP contribution is 2.26. The molecule has 1 heterocycles. The molecule has 0 amide bonds. The SMILES string of the molecule is CCCCCCCCCCCCCCCCCCOCCOC(OC(CO)Cn1ccc(N)nc1=O)[P+](=O)O. The lowest BCUT2D eigenvalue weighted by molar-refractivity contribution is -0.145. The number of unbranched alkanes of at least 4 members (excludes halogenated alkanes) is 15. The normalized spacial score (nSPS) is 13.5. The molecule has 226 valence electrons. The number of aliphatic hydroxyl groups excluding tert-OH is 1. The summed E-state index contributed by atoms with van der Waals surface area (Å²) in [5.74, 6) is 0.0805. The molecule has 0 saturated heterocycles. The van der Waals surface area contributed by atoms with Gasteiger partial charge in [0.1, 0.15) is 11.9 Å². The van der Waals surface area contributed by atoms with E-state index in [2.05, 4.69) is 11.9 Å². The van der Waals surface area contributed by atoms with Crippen LogP contribution in [0.5, 0.6) is 0 Å². The van der Waals surface area contributed by atoms with Gasteiger partial charge in [-0.1, -0.05) is 103 Å². The minimum absolute atomic E-state index is 0.0681. The Balaban J connectivity index is 1.99. The molecule has 10 nitrogen and oxygen atoms in total. The molecule has 3 unspecified atom stereocenters. The van der Waals surface area contributed by atoms with Crippen molar-refractivity contribution >= 4 is 13.8 Å². The van der Waals surface area contributed by atoms with Crippen LogP contribution in [0.25, 0.3) is 0 Å². The van der Waals surface area contributed by atoms with E-state index in [0.29, 0.717) is 6.61 Å². The molecule has 0 aliphatic carbocycles. The van der Waals surface area contributed by atoms with Crippen LogP contribution in [0, 0.1) is 0 Å². The Labute approximate surface area is 235 Å². The molecular formula is C28H53N3O7P+. The average molecular weight is 575 g/mol.